The summed E-state index contributed by atoms with van der Waals surface area (Å²) in [5.41, 5.74) is 0. The number of imidazole rings is 1. The van der Waals surface area contributed by atoms with Gasteiger partial charge in [0.15, 0.2) is 0 Å². The minimum absolute atomic E-state index is 0.0623. The second-order valence-electron chi connectivity index (χ2n) is 3.41. The average Bonchev–Trinajstić information content (AvgIpc) is 2.85. The lowest BCUT2D eigenvalue weighted by Crippen LogP contribution is -2.13. The van der Waals surface area contributed by atoms with E-state index in [2.05, 4.69) is 48.1 Å². The van der Waals surface area contributed by atoms with Crippen LogP contribution >= 0.6 is 27.5 Å². The number of rotatable bonds is 4. The fourth-order valence-electron chi connectivity index (χ4n) is 1.45. The Labute approximate surface area is 112 Å². The molecule has 1 atom stereocenters. The fourth-order valence-corrected chi connectivity index (χ4v) is 1.90. The number of H-pyrrole nitrogens is 1. The first-order valence-electron chi connectivity index (χ1n) is 5.14. The van der Waals surface area contributed by atoms with Gasteiger partial charge >= 0.3 is 0 Å². The predicted octanol–water partition coefficient (Wildman–Crippen LogP) is 3.18. The molecule has 0 fully saturated rings. The van der Waals surface area contributed by atoms with Crippen LogP contribution < -0.4 is 5.32 Å². The first-order valence-corrected chi connectivity index (χ1v) is 6.31. The van der Waals surface area contributed by atoms with Crippen molar-refractivity contribution >= 4 is 33.3 Å². The van der Waals surface area contributed by atoms with Crippen LogP contribution in [0.3, 0.4) is 0 Å². The van der Waals surface area contributed by atoms with Crippen molar-refractivity contribution in [3.63, 3.8) is 0 Å². The molecule has 0 amide bonds. The zero-order valence-electron chi connectivity index (χ0n) is 9.11. The van der Waals surface area contributed by atoms with E-state index in [1.165, 1.54) is 6.33 Å². The normalized spacial score (nSPS) is 12.4. The van der Waals surface area contributed by atoms with E-state index in [4.69, 9.17) is 11.6 Å². The highest BCUT2D eigenvalue weighted by molar-refractivity contribution is 9.10. The number of hydrogen-bond acceptors (Lipinski definition) is 4. The highest BCUT2D eigenvalue weighted by Crippen LogP contribution is 2.29. The second kappa shape index (κ2) is 5.46. The monoisotopic (exact) mass is 315 g/mol. The highest BCUT2D eigenvalue weighted by Gasteiger charge is 2.15. The molecule has 0 radical (unpaired) electrons. The molecular formula is C10H11BrClN5. The van der Waals surface area contributed by atoms with Crippen molar-refractivity contribution in [3.8, 4) is 0 Å². The summed E-state index contributed by atoms with van der Waals surface area (Å²) < 4.78 is 0.659. The van der Waals surface area contributed by atoms with Crippen molar-refractivity contribution in [2.75, 3.05) is 5.32 Å². The van der Waals surface area contributed by atoms with Crippen LogP contribution in [0, 0.1) is 0 Å². The van der Waals surface area contributed by atoms with Gasteiger partial charge in [-0.2, -0.15) is 0 Å². The molecule has 0 bridgehead atoms. The zero-order chi connectivity index (χ0) is 12.3. The van der Waals surface area contributed by atoms with Gasteiger partial charge in [-0.1, -0.05) is 18.5 Å². The molecule has 7 heteroatoms. The fraction of sp³-hybridized carbons (Fsp3) is 0.300. The van der Waals surface area contributed by atoms with Crippen LogP contribution in [0.5, 0.6) is 0 Å². The summed E-state index contributed by atoms with van der Waals surface area (Å²) in [6.45, 7) is 2.07. The first-order chi connectivity index (χ1) is 8.22. The molecule has 2 aromatic rings. The van der Waals surface area contributed by atoms with Crippen molar-refractivity contribution in [1.82, 2.24) is 19.9 Å². The predicted molar refractivity (Wildman–Crippen MR) is 70.0 cm³/mol. The quantitative estimate of drug-likeness (QED) is 0.850. The van der Waals surface area contributed by atoms with Crippen molar-refractivity contribution in [1.29, 1.82) is 0 Å². The number of aromatic amines is 1. The summed E-state index contributed by atoms with van der Waals surface area (Å²) in [6.07, 6.45) is 5.81. The van der Waals surface area contributed by atoms with Crippen LogP contribution in [-0.4, -0.2) is 19.9 Å². The SMILES string of the molecule is CCC(Nc1ncnc(Cl)c1Br)c1ncc[nH]1. The number of nitrogens with one attached hydrogen (secondary N) is 2. The van der Waals surface area contributed by atoms with Gasteiger partial charge in [0, 0.05) is 12.4 Å². The zero-order valence-corrected chi connectivity index (χ0v) is 11.5. The maximum absolute atomic E-state index is 5.90. The summed E-state index contributed by atoms with van der Waals surface area (Å²) >= 11 is 9.26. The number of aromatic nitrogens is 4. The van der Waals surface area contributed by atoms with E-state index >= 15 is 0 Å². The molecular weight excluding hydrogens is 306 g/mol. The summed E-state index contributed by atoms with van der Waals surface area (Å²) in [5, 5.41) is 3.65. The third-order valence-electron chi connectivity index (χ3n) is 2.32. The van der Waals surface area contributed by atoms with Crippen LogP contribution in [0.1, 0.15) is 25.2 Å². The Morgan fingerprint density at radius 2 is 2.29 bits per heavy atom. The van der Waals surface area contributed by atoms with Crippen LogP contribution in [0.25, 0.3) is 0 Å². The van der Waals surface area contributed by atoms with Gasteiger partial charge < -0.3 is 10.3 Å². The Morgan fingerprint density at radius 3 is 2.94 bits per heavy atom. The molecule has 90 valence electrons. The van der Waals surface area contributed by atoms with E-state index in [9.17, 15) is 0 Å². The Balaban J connectivity index is 2.22. The standard InChI is InChI=1S/C10H11BrClN5/c1-2-6(9-13-3-4-14-9)17-10-7(11)8(12)15-5-16-10/h3-6H,2H2,1H3,(H,13,14)(H,15,16,17). The second-order valence-corrected chi connectivity index (χ2v) is 4.56. The van der Waals surface area contributed by atoms with E-state index in [0.717, 1.165) is 12.2 Å². The minimum Gasteiger partial charge on any atom is -0.359 e. The maximum Gasteiger partial charge on any atom is 0.148 e. The molecule has 0 aliphatic rings. The lowest BCUT2D eigenvalue weighted by Gasteiger charge is -2.16. The number of anilines is 1. The van der Waals surface area contributed by atoms with E-state index in [-0.39, 0.29) is 6.04 Å². The van der Waals surface area contributed by atoms with Crippen molar-refractivity contribution < 1.29 is 0 Å². The molecule has 2 rings (SSSR count). The Bertz CT molecular complexity index is 487. The van der Waals surface area contributed by atoms with Crippen molar-refractivity contribution in [3.05, 3.63) is 34.2 Å². The van der Waals surface area contributed by atoms with Crippen LogP contribution in [0.15, 0.2) is 23.2 Å². The Kier molecular flexibility index (Phi) is 3.96. The van der Waals surface area contributed by atoms with Gasteiger partial charge in [-0.05, 0) is 22.4 Å². The average molecular weight is 317 g/mol. The number of hydrogen-bond donors (Lipinski definition) is 2. The van der Waals surface area contributed by atoms with Gasteiger partial charge in [0.05, 0.1) is 10.5 Å². The summed E-state index contributed by atoms with van der Waals surface area (Å²) in [7, 11) is 0. The van der Waals surface area contributed by atoms with E-state index in [0.29, 0.717) is 15.4 Å². The highest BCUT2D eigenvalue weighted by atomic mass is 79.9. The molecule has 0 aromatic carbocycles. The molecule has 2 heterocycles. The van der Waals surface area contributed by atoms with Crippen LogP contribution in [-0.2, 0) is 0 Å². The van der Waals surface area contributed by atoms with Crippen LogP contribution in [0.4, 0.5) is 5.82 Å². The smallest absolute Gasteiger partial charge is 0.148 e. The molecule has 0 aliphatic heterocycles. The van der Waals surface area contributed by atoms with Gasteiger partial charge in [-0.15, -0.1) is 0 Å². The summed E-state index contributed by atoms with van der Waals surface area (Å²) in [4.78, 5) is 15.3. The van der Waals surface area contributed by atoms with E-state index < -0.39 is 0 Å². The van der Waals surface area contributed by atoms with E-state index in [1.807, 2.05) is 0 Å². The Morgan fingerprint density at radius 1 is 1.47 bits per heavy atom. The van der Waals surface area contributed by atoms with E-state index in [1.54, 1.807) is 12.4 Å². The molecule has 5 nitrogen and oxygen atoms in total. The lowest BCUT2D eigenvalue weighted by atomic mass is 10.2. The third-order valence-corrected chi connectivity index (χ3v) is 3.58. The minimum atomic E-state index is 0.0623. The van der Waals surface area contributed by atoms with Crippen molar-refractivity contribution in [2.45, 2.75) is 19.4 Å². The molecule has 2 N–H and O–H groups in total. The number of nitrogens with zero attached hydrogens (tertiary/aromatic N) is 3. The molecule has 17 heavy (non-hydrogen) atoms. The first kappa shape index (κ1) is 12.3. The van der Waals surface area contributed by atoms with Crippen molar-refractivity contribution in [2.24, 2.45) is 0 Å². The van der Waals surface area contributed by atoms with Gasteiger partial charge in [0.2, 0.25) is 0 Å². The van der Waals surface area contributed by atoms with Gasteiger partial charge in [-0.3, -0.25) is 0 Å². The molecule has 0 aliphatic carbocycles. The molecule has 0 spiro atoms. The van der Waals surface area contributed by atoms with Crippen LogP contribution in [0.2, 0.25) is 5.15 Å². The lowest BCUT2D eigenvalue weighted by molar-refractivity contribution is 0.699. The third kappa shape index (κ3) is 2.76. The topological polar surface area (TPSA) is 66.5 Å². The van der Waals surface area contributed by atoms with Gasteiger partial charge in [0.1, 0.15) is 23.1 Å². The Hall–Kier alpha value is -1.14. The summed E-state index contributed by atoms with van der Waals surface area (Å²) in [6, 6.07) is 0.0623. The molecule has 2 aromatic heterocycles. The van der Waals surface area contributed by atoms with Gasteiger partial charge in [-0.25, -0.2) is 15.0 Å². The molecule has 0 saturated heterocycles. The van der Waals surface area contributed by atoms with Gasteiger partial charge in [0.25, 0.3) is 0 Å². The largest absolute Gasteiger partial charge is 0.359 e. The maximum atomic E-state index is 5.90. The molecule has 1 unspecified atom stereocenters. The summed E-state index contributed by atoms with van der Waals surface area (Å²) in [5.74, 6) is 1.53. The molecule has 0 saturated carbocycles. The number of halogens is 2.